The van der Waals surface area contributed by atoms with E-state index in [4.69, 9.17) is 5.11 Å². The number of carboxylic acids is 1. The molecule has 0 radical (unpaired) electrons. The van der Waals surface area contributed by atoms with Crippen molar-refractivity contribution in [3.63, 3.8) is 0 Å². The van der Waals surface area contributed by atoms with Crippen molar-refractivity contribution in [1.82, 2.24) is 10.6 Å². The second-order valence-electron chi connectivity index (χ2n) is 5.61. The van der Waals surface area contributed by atoms with Gasteiger partial charge >= 0.3 is 5.97 Å². The number of amidine groups is 1. The molecule has 0 aromatic heterocycles. The number of nitrogens with one attached hydrogen (secondary N) is 2. The van der Waals surface area contributed by atoms with Crippen molar-refractivity contribution in [2.75, 3.05) is 0 Å². The highest BCUT2D eigenvalue weighted by Gasteiger charge is 2.33. The Balaban J connectivity index is 1.88. The van der Waals surface area contributed by atoms with Gasteiger partial charge in [0.05, 0.1) is 6.21 Å². The summed E-state index contributed by atoms with van der Waals surface area (Å²) in [6, 6.07) is 8.43. The zero-order valence-corrected chi connectivity index (χ0v) is 15.0. The highest BCUT2D eigenvalue weighted by Crippen LogP contribution is 2.22. The van der Waals surface area contributed by atoms with Crippen molar-refractivity contribution in [2.45, 2.75) is 37.5 Å². The number of carbonyl (C=O) groups excluding carboxylic acids is 2. The van der Waals surface area contributed by atoms with Crippen molar-refractivity contribution >= 4 is 40.9 Å². The summed E-state index contributed by atoms with van der Waals surface area (Å²) < 4.78 is 0. The lowest BCUT2D eigenvalue weighted by Crippen LogP contribution is -2.42. The minimum atomic E-state index is -1.08. The summed E-state index contributed by atoms with van der Waals surface area (Å²) in [4.78, 5) is 35.0. The molecule has 0 unspecified atom stereocenters. The van der Waals surface area contributed by atoms with Crippen molar-refractivity contribution in [1.29, 1.82) is 0 Å². The van der Waals surface area contributed by atoms with Gasteiger partial charge < -0.3 is 15.7 Å². The molecule has 1 aliphatic rings. The van der Waals surface area contributed by atoms with E-state index < -0.39 is 23.2 Å². The Morgan fingerprint density at radius 2 is 2.12 bits per heavy atom. The van der Waals surface area contributed by atoms with Crippen molar-refractivity contribution in [3.05, 3.63) is 35.9 Å². The van der Waals surface area contributed by atoms with Crippen LogP contribution in [0.15, 0.2) is 40.5 Å². The Labute approximate surface area is 155 Å². The van der Waals surface area contributed by atoms with Crippen molar-refractivity contribution < 1.29 is 19.5 Å². The molecule has 1 saturated heterocycles. The molecule has 1 heterocycles. The average molecular weight is 376 g/mol. The topological polar surface area (TPSA) is 120 Å². The maximum Gasteiger partial charge on any atom is 0.326 e. The summed E-state index contributed by atoms with van der Waals surface area (Å²) in [6.45, 7) is 1.83. The van der Waals surface area contributed by atoms with E-state index in [-0.39, 0.29) is 12.3 Å². The van der Waals surface area contributed by atoms with E-state index >= 15 is 0 Å². The molecular weight excluding hydrogens is 356 g/mol. The molecule has 138 valence electrons. The molecule has 2 rings (SSSR count). The fourth-order valence-corrected chi connectivity index (χ4v) is 3.17. The van der Waals surface area contributed by atoms with Gasteiger partial charge in [0.25, 0.3) is 0 Å². The molecule has 0 bridgehead atoms. The molecule has 9 heteroatoms. The Kier molecular flexibility index (Phi) is 7.34. The molecule has 1 aromatic rings. The second-order valence-corrected chi connectivity index (χ2v) is 6.80. The summed E-state index contributed by atoms with van der Waals surface area (Å²) in [6.07, 6.45) is 2.41. The van der Waals surface area contributed by atoms with Gasteiger partial charge in [0.1, 0.15) is 11.3 Å². The number of carbonyl (C=O) groups is 3. The van der Waals surface area contributed by atoms with Crippen LogP contribution in [0, 0.1) is 0 Å². The van der Waals surface area contributed by atoms with Crippen LogP contribution in [0.4, 0.5) is 0 Å². The Hall–Kier alpha value is -2.68. The molecule has 1 aliphatic heterocycles. The predicted octanol–water partition coefficient (Wildman–Crippen LogP) is 1.37. The normalized spacial score (nSPS) is 19.5. The van der Waals surface area contributed by atoms with Gasteiger partial charge in [0.2, 0.25) is 11.8 Å². The molecule has 1 aromatic carbocycles. The highest BCUT2D eigenvalue weighted by molar-refractivity contribution is 8.15. The van der Waals surface area contributed by atoms with Gasteiger partial charge in [0, 0.05) is 6.42 Å². The molecule has 2 amide bonds. The minimum absolute atomic E-state index is 0.120. The average Bonchev–Trinajstić information content (AvgIpc) is 2.95. The number of thioether (sulfide) groups is 1. The lowest BCUT2D eigenvalue weighted by Gasteiger charge is -2.14. The number of hydrogen-bond acceptors (Lipinski definition) is 6. The first kappa shape index (κ1) is 19.6. The number of rotatable bonds is 8. The molecule has 8 nitrogen and oxygen atoms in total. The first-order valence-electron chi connectivity index (χ1n) is 8.15. The van der Waals surface area contributed by atoms with Crippen LogP contribution in [0.5, 0.6) is 0 Å². The van der Waals surface area contributed by atoms with E-state index in [9.17, 15) is 14.4 Å². The first-order chi connectivity index (χ1) is 12.5. The number of nitrogens with zero attached hydrogens (tertiary/aromatic N) is 2. The highest BCUT2D eigenvalue weighted by atomic mass is 32.2. The largest absolute Gasteiger partial charge is 0.480 e. The number of carboxylic acid groups (broad SMARTS) is 1. The molecule has 0 spiro atoms. The maximum atomic E-state index is 12.0. The Morgan fingerprint density at radius 3 is 2.77 bits per heavy atom. The van der Waals surface area contributed by atoms with Crippen LogP contribution in [0.25, 0.3) is 0 Å². The van der Waals surface area contributed by atoms with E-state index in [2.05, 4.69) is 20.8 Å². The Bertz CT molecular complexity index is 721. The van der Waals surface area contributed by atoms with E-state index in [1.54, 1.807) is 6.21 Å². The summed E-state index contributed by atoms with van der Waals surface area (Å²) in [5.41, 5.74) is 0.873. The van der Waals surface area contributed by atoms with Crippen LogP contribution in [-0.2, 0) is 14.4 Å². The fraction of sp³-hybridized carbons (Fsp3) is 0.353. The van der Waals surface area contributed by atoms with E-state index in [0.29, 0.717) is 18.0 Å². The quantitative estimate of drug-likeness (QED) is 0.467. The van der Waals surface area contributed by atoms with Crippen LogP contribution in [0.3, 0.4) is 0 Å². The lowest BCUT2D eigenvalue weighted by atomic mass is 10.1. The van der Waals surface area contributed by atoms with E-state index in [0.717, 1.165) is 17.3 Å². The third-order valence-corrected chi connectivity index (χ3v) is 4.59. The molecule has 0 aliphatic carbocycles. The monoisotopic (exact) mass is 376 g/mol. The van der Waals surface area contributed by atoms with Crippen LogP contribution in [0.2, 0.25) is 0 Å². The molecule has 0 saturated carbocycles. The van der Waals surface area contributed by atoms with Gasteiger partial charge in [-0.3, -0.25) is 9.59 Å². The lowest BCUT2D eigenvalue weighted by molar-refractivity contribution is -0.142. The smallest absolute Gasteiger partial charge is 0.326 e. The first-order valence-corrected chi connectivity index (χ1v) is 9.03. The summed E-state index contributed by atoms with van der Waals surface area (Å²) in [7, 11) is 0. The summed E-state index contributed by atoms with van der Waals surface area (Å²) in [5.74, 6) is -1.91. The van der Waals surface area contributed by atoms with E-state index in [1.807, 2.05) is 37.3 Å². The minimum Gasteiger partial charge on any atom is -0.480 e. The SMILES string of the molecule is CCC[C@@H](NC(=O)C[C@H]1S/C(=N\N=C/c2ccccc2)NC1=O)C(=O)O. The summed E-state index contributed by atoms with van der Waals surface area (Å²) >= 11 is 1.10. The molecule has 3 N–H and O–H groups in total. The van der Waals surface area contributed by atoms with Crippen molar-refractivity contribution in [3.8, 4) is 0 Å². The van der Waals surface area contributed by atoms with Crippen LogP contribution >= 0.6 is 11.8 Å². The number of hydrogen-bond donors (Lipinski definition) is 3. The molecular formula is C17H20N4O4S. The van der Waals surface area contributed by atoms with Crippen molar-refractivity contribution in [2.24, 2.45) is 10.2 Å². The fourth-order valence-electron chi connectivity index (χ4n) is 2.24. The van der Waals surface area contributed by atoms with Gasteiger partial charge in [-0.2, -0.15) is 5.10 Å². The van der Waals surface area contributed by atoms with Gasteiger partial charge in [-0.15, -0.1) is 5.10 Å². The van der Waals surface area contributed by atoms with Crippen LogP contribution in [-0.4, -0.2) is 45.6 Å². The summed E-state index contributed by atoms with van der Waals surface area (Å²) in [5, 5.41) is 21.6. The molecule has 2 atom stereocenters. The third-order valence-electron chi connectivity index (χ3n) is 3.51. The Morgan fingerprint density at radius 1 is 1.38 bits per heavy atom. The molecule has 26 heavy (non-hydrogen) atoms. The zero-order valence-electron chi connectivity index (χ0n) is 14.2. The number of amides is 2. The van der Waals surface area contributed by atoms with Gasteiger partial charge in [-0.1, -0.05) is 55.4 Å². The maximum absolute atomic E-state index is 12.0. The number of benzene rings is 1. The molecule has 1 fully saturated rings. The van der Waals surface area contributed by atoms with Gasteiger partial charge in [-0.05, 0) is 12.0 Å². The predicted molar refractivity (Wildman–Crippen MR) is 100 cm³/mol. The van der Waals surface area contributed by atoms with Gasteiger partial charge in [-0.25, -0.2) is 4.79 Å². The van der Waals surface area contributed by atoms with Crippen LogP contribution in [0.1, 0.15) is 31.7 Å². The van der Waals surface area contributed by atoms with Gasteiger partial charge in [0.15, 0.2) is 5.17 Å². The van der Waals surface area contributed by atoms with Crippen LogP contribution < -0.4 is 10.6 Å². The zero-order chi connectivity index (χ0) is 18.9. The third kappa shape index (κ3) is 5.99. The number of aliphatic carboxylic acids is 1. The van der Waals surface area contributed by atoms with E-state index in [1.165, 1.54) is 0 Å². The standard InChI is InChI=1S/C17H20N4O4S/c1-2-6-12(16(24)25)19-14(22)9-13-15(23)20-17(26-13)21-18-10-11-7-4-3-5-8-11/h3-5,7-8,10,12-13H,2,6,9H2,1H3,(H,19,22)(H,24,25)(H,20,21,23)/b18-10-/t12-,13-/m1/s1. The second kappa shape index (κ2) is 9.71.